The summed E-state index contributed by atoms with van der Waals surface area (Å²) in [5.41, 5.74) is 3.30. The molecule has 1 aliphatic heterocycles. The van der Waals surface area contributed by atoms with Gasteiger partial charge in [-0.3, -0.25) is 9.36 Å². The van der Waals surface area contributed by atoms with Crippen LogP contribution in [0.3, 0.4) is 0 Å². The normalized spacial score (nSPS) is 15.8. The van der Waals surface area contributed by atoms with Crippen molar-refractivity contribution in [1.82, 2.24) is 4.57 Å². The first-order valence-electron chi connectivity index (χ1n) is 10.0. The van der Waals surface area contributed by atoms with Gasteiger partial charge in [-0.2, -0.15) is 0 Å². The zero-order valence-electron chi connectivity index (χ0n) is 18.4. The van der Waals surface area contributed by atoms with E-state index >= 15 is 0 Å². The third-order valence-electron chi connectivity index (χ3n) is 5.36. The number of fused-ring (bicyclic) bond motifs is 1. The van der Waals surface area contributed by atoms with Crippen LogP contribution in [0.4, 0.5) is 5.69 Å². The van der Waals surface area contributed by atoms with Crippen LogP contribution in [0.1, 0.15) is 24.1 Å². The fourth-order valence-electron chi connectivity index (χ4n) is 3.78. The van der Waals surface area contributed by atoms with Gasteiger partial charge in [0, 0.05) is 23.6 Å². The average molecular weight is 547 g/mol. The number of aromatic nitrogens is 1. The molecule has 6 nitrogen and oxygen atoms in total. The molecule has 0 bridgehead atoms. The molecule has 4 rings (SSSR count). The summed E-state index contributed by atoms with van der Waals surface area (Å²) in [6, 6.07) is 12.3. The van der Waals surface area contributed by atoms with Gasteiger partial charge in [0.1, 0.15) is 0 Å². The molecule has 0 saturated carbocycles. The van der Waals surface area contributed by atoms with E-state index in [9.17, 15) is 9.59 Å². The third kappa shape index (κ3) is 4.43. The number of nitrogens with zero attached hydrogens (tertiary/aromatic N) is 3. The number of esters is 1. The highest BCUT2D eigenvalue weighted by Crippen LogP contribution is 2.31. The predicted molar refractivity (Wildman–Crippen MR) is 136 cm³/mol. The van der Waals surface area contributed by atoms with E-state index < -0.39 is 12.0 Å². The van der Waals surface area contributed by atoms with Crippen molar-refractivity contribution in [3.63, 3.8) is 0 Å². The summed E-state index contributed by atoms with van der Waals surface area (Å²) in [6.45, 7) is 1.75. The minimum atomic E-state index is -0.657. The number of halogens is 2. The molecule has 3 aromatic rings. The molecule has 1 aromatic heterocycles. The van der Waals surface area contributed by atoms with Crippen LogP contribution in [0.5, 0.6) is 0 Å². The molecule has 2 heterocycles. The van der Waals surface area contributed by atoms with Gasteiger partial charge in [-0.25, -0.2) is 9.79 Å². The van der Waals surface area contributed by atoms with Gasteiger partial charge in [0.25, 0.3) is 5.56 Å². The Morgan fingerprint density at radius 2 is 1.94 bits per heavy atom. The number of carbonyl (C=O) groups is 1. The van der Waals surface area contributed by atoms with Crippen LogP contribution in [-0.4, -0.2) is 31.7 Å². The Balaban J connectivity index is 1.92. The van der Waals surface area contributed by atoms with Crippen molar-refractivity contribution in [2.24, 2.45) is 4.99 Å². The van der Waals surface area contributed by atoms with E-state index in [0.29, 0.717) is 25.6 Å². The summed E-state index contributed by atoms with van der Waals surface area (Å²) in [5, 5.41) is 0.568. The first kappa shape index (κ1) is 23.5. The fraction of sp³-hybridized carbons (Fsp3) is 0.208. The first-order chi connectivity index (χ1) is 15.7. The number of hydrogen-bond donors (Lipinski definition) is 0. The van der Waals surface area contributed by atoms with Gasteiger partial charge in [0.2, 0.25) is 0 Å². The number of methoxy groups -OCH3 is 1. The highest BCUT2D eigenvalue weighted by atomic mass is 79.9. The molecule has 0 fully saturated rings. The molecule has 0 aliphatic carbocycles. The van der Waals surface area contributed by atoms with Crippen molar-refractivity contribution in [1.29, 1.82) is 0 Å². The zero-order chi connectivity index (χ0) is 23.9. The van der Waals surface area contributed by atoms with Gasteiger partial charge in [0.05, 0.1) is 34.6 Å². The number of carbonyl (C=O) groups excluding carboxylic acids is 1. The molecule has 9 heteroatoms. The van der Waals surface area contributed by atoms with E-state index in [-0.39, 0.29) is 5.56 Å². The van der Waals surface area contributed by atoms with E-state index in [1.165, 1.54) is 18.4 Å². The molecule has 1 aliphatic rings. The number of anilines is 1. The molecule has 0 amide bonds. The van der Waals surface area contributed by atoms with Crippen molar-refractivity contribution in [3.05, 3.63) is 94.0 Å². The molecular weight excluding hydrogens is 526 g/mol. The van der Waals surface area contributed by atoms with Crippen LogP contribution in [0, 0.1) is 0 Å². The summed E-state index contributed by atoms with van der Waals surface area (Å²) >= 11 is 11.0. The minimum absolute atomic E-state index is 0.222. The lowest BCUT2D eigenvalue weighted by molar-refractivity contribution is -0.136. The van der Waals surface area contributed by atoms with Crippen LogP contribution in [0.2, 0.25) is 5.02 Å². The number of hydrogen-bond acceptors (Lipinski definition) is 6. The molecule has 0 spiro atoms. The second kappa shape index (κ2) is 9.29. The monoisotopic (exact) mass is 545 g/mol. The molecule has 170 valence electrons. The Morgan fingerprint density at radius 3 is 2.55 bits per heavy atom. The highest BCUT2D eigenvalue weighted by molar-refractivity contribution is 9.10. The molecule has 0 unspecified atom stereocenters. The second-order valence-electron chi connectivity index (χ2n) is 7.73. The van der Waals surface area contributed by atoms with Gasteiger partial charge in [-0.1, -0.05) is 41.1 Å². The van der Waals surface area contributed by atoms with Crippen molar-refractivity contribution >= 4 is 56.6 Å². The average Bonchev–Trinajstić information content (AvgIpc) is 3.07. The fourth-order valence-corrected chi connectivity index (χ4v) is 5.70. The maximum Gasteiger partial charge on any atom is 0.338 e. The van der Waals surface area contributed by atoms with Gasteiger partial charge < -0.3 is 9.64 Å². The summed E-state index contributed by atoms with van der Waals surface area (Å²) < 4.78 is 8.03. The Kier molecular flexibility index (Phi) is 6.61. The number of benzene rings is 2. The standard InChI is InChI=1S/C24H21BrClN3O3S/c1-13-20(23(31)32-4)21(15-6-8-16(26)9-7-15)29-22(30)19(33-24(29)27-13)12-14-5-10-18(28(2)3)17(25)11-14/h5-12,21H,1-4H3/b19-12-/t21-/m1/s1. The van der Waals surface area contributed by atoms with Crippen LogP contribution in [0.25, 0.3) is 6.08 Å². The smallest absolute Gasteiger partial charge is 0.338 e. The molecule has 2 aromatic carbocycles. The van der Waals surface area contributed by atoms with Crippen LogP contribution < -0.4 is 19.8 Å². The first-order valence-corrected chi connectivity index (χ1v) is 12.0. The second-order valence-corrected chi connectivity index (χ2v) is 10.0. The van der Waals surface area contributed by atoms with Crippen molar-refractivity contribution in [2.45, 2.75) is 13.0 Å². The number of thiazole rings is 1. The summed E-state index contributed by atoms with van der Waals surface area (Å²) in [7, 11) is 5.26. The highest BCUT2D eigenvalue weighted by Gasteiger charge is 2.33. The lowest BCUT2D eigenvalue weighted by Gasteiger charge is -2.24. The molecule has 0 saturated heterocycles. The third-order valence-corrected chi connectivity index (χ3v) is 7.23. The van der Waals surface area contributed by atoms with E-state index in [1.807, 2.05) is 55.4 Å². The number of allylic oxidation sites excluding steroid dienone is 1. The maximum absolute atomic E-state index is 13.6. The molecule has 0 N–H and O–H groups in total. The lowest BCUT2D eigenvalue weighted by Crippen LogP contribution is -2.39. The molecule has 33 heavy (non-hydrogen) atoms. The van der Waals surface area contributed by atoms with Crippen LogP contribution in [-0.2, 0) is 9.53 Å². The SMILES string of the molecule is COC(=O)C1=C(C)N=c2s/c(=C\c3ccc(N(C)C)c(Br)c3)c(=O)n2[C@@H]1c1ccc(Cl)cc1. The van der Waals surface area contributed by atoms with Crippen molar-refractivity contribution < 1.29 is 9.53 Å². The largest absolute Gasteiger partial charge is 0.466 e. The topological polar surface area (TPSA) is 63.9 Å². The predicted octanol–water partition coefficient (Wildman–Crippen LogP) is 3.89. The summed E-state index contributed by atoms with van der Waals surface area (Å²) in [4.78, 5) is 33.3. The summed E-state index contributed by atoms with van der Waals surface area (Å²) in [6.07, 6.45) is 1.84. The van der Waals surface area contributed by atoms with Gasteiger partial charge in [-0.15, -0.1) is 0 Å². The lowest BCUT2D eigenvalue weighted by atomic mass is 9.96. The summed E-state index contributed by atoms with van der Waals surface area (Å²) in [5.74, 6) is -0.520. The van der Waals surface area contributed by atoms with Gasteiger partial charge in [0.15, 0.2) is 4.80 Å². The maximum atomic E-state index is 13.6. The number of ether oxygens (including phenoxy) is 1. The zero-order valence-corrected chi connectivity index (χ0v) is 21.6. The van der Waals surface area contributed by atoms with E-state index in [2.05, 4.69) is 20.9 Å². The Morgan fingerprint density at radius 1 is 1.24 bits per heavy atom. The Bertz CT molecular complexity index is 1460. The van der Waals surface area contributed by atoms with Gasteiger partial charge >= 0.3 is 5.97 Å². The van der Waals surface area contributed by atoms with E-state index in [1.54, 1.807) is 23.6 Å². The molecule has 0 radical (unpaired) electrons. The van der Waals surface area contributed by atoms with E-state index in [0.717, 1.165) is 21.3 Å². The minimum Gasteiger partial charge on any atom is -0.466 e. The van der Waals surface area contributed by atoms with Crippen LogP contribution >= 0.6 is 38.9 Å². The van der Waals surface area contributed by atoms with Gasteiger partial charge in [-0.05, 0) is 64.3 Å². The Hall–Kier alpha value is -2.68. The van der Waals surface area contributed by atoms with Crippen molar-refractivity contribution in [2.75, 3.05) is 26.1 Å². The van der Waals surface area contributed by atoms with Crippen LogP contribution in [0.15, 0.2) is 68.0 Å². The molecular formula is C24H21BrClN3O3S. The quantitative estimate of drug-likeness (QED) is 0.466. The van der Waals surface area contributed by atoms with E-state index in [4.69, 9.17) is 16.3 Å². The molecule has 1 atom stereocenters. The van der Waals surface area contributed by atoms with Crippen molar-refractivity contribution in [3.8, 4) is 0 Å². The Labute approximate surface area is 208 Å². The number of rotatable bonds is 4.